The lowest BCUT2D eigenvalue weighted by Gasteiger charge is -2.46. The van der Waals surface area contributed by atoms with E-state index < -0.39 is 23.5 Å². The predicted molar refractivity (Wildman–Crippen MR) is 157 cm³/mol. The number of ether oxygens (including phenoxy) is 1. The van der Waals surface area contributed by atoms with Gasteiger partial charge >= 0.3 is 12.4 Å². The molecule has 5 rings (SSSR count). The van der Waals surface area contributed by atoms with E-state index in [1.807, 2.05) is 24.8 Å². The largest absolute Gasteiger partial charge is 0.493 e. The summed E-state index contributed by atoms with van der Waals surface area (Å²) in [6.45, 7) is 10.4. The normalized spacial score (nSPS) is 24.6. The van der Waals surface area contributed by atoms with Crippen molar-refractivity contribution in [2.24, 2.45) is 0 Å². The average molecular weight is 643 g/mol. The number of alkyl halides is 6. The number of rotatable bonds is 7. The number of nitrogens with zero attached hydrogens (tertiary/aromatic N) is 3. The Labute approximate surface area is 259 Å². The van der Waals surface area contributed by atoms with Crippen LogP contribution in [0.5, 0.6) is 5.75 Å². The Hall–Kier alpha value is -3.03. The van der Waals surface area contributed by atoms with Crippen LogP contribution in [0, 0.1) is 0 Å². The first-order chi connectivity index (χ1) is 21.0. The quantitative estimate of drug-likeness (QED) is 0.411. The molecule has 1 amide bonds. The van der Waals surface area contributed by atoms with Gasteiger partial charge in [0, 0.05) is 56.1 Å². The number of nitrogens with one attached hydrogen (secondary N) is 1. The van der Waals surface area contributed by atoms with Crippen molar-refractivity contribution in [1.29, 1.82) is 0 Å². The summed E-state index contributed by atoms with van der Waals surface area (Å²) >= 11 is 0. The fourth-order valence-corrected chi connectivity index (χ4v) is 6.82. The van der Waals surface area contributed by atoms with E-state index in [0.29, 0.717) is 51.1 Å². The van der Waals surface area contributed by atoms with Crippen LogP contribution < -0.4 is 15.0 Å². The lowest BCUT2D eigenvalue weighted by atomic mass is 9.89. The topological polar surface area (TPSA) is 68.3 Å². The number of benzene rings is 2. The van der Waals surface area contributed by atoms with Crippen molar-refractivity contribution >= 4 is 11.6 Å². The summed E-state index contributed by atoms with van der Waals surface area (Å²) in [4.78, 5) is 19.3. The first kappa shape index (κ1) is 33.3. The van der Waals surface area contributed by atoms with Crippen molar-refractivity contribution in [2.45, 2.75) is 82.5 Å². The van der Waals surface area contributed by atoms with Crippen LogP contribution in [0.1, 0.15) is 56.4 Å². The number of carbonyl (C=O) groups is 1. The highest BCUT2D eigenvalue weighted by Gasteiger charge is 2.71. The molecule has 3 heterocycles. The zero-order chi connectivity index (χ0) is 32.9. The van der Waals surface area contributed by atoms with Gasteiger partial charge in [0.2, 0.25) is 5.91 Å². The first-order valence-corrected chi connectivity index (χ1v) is 15.3. The number of amides is 1. The molecule has 2 aromatic rings. The van der Waals surface area contributed by atoms with Crippen LogP contribution in [0.2, 0.25) is 0 Å². The number of piperazine rings is 1. The maximum Gasteiger partial charge on any atom is 0.430 e. The molecule has 1 unspecified atom stereocenters. The summed E-state index contributed by atoms with van der Waals surface area (Å²) in [5.74, 6) is 0.864. The minimum Gasteiger partial charge on any atom is -0.493 e. The second kappa shape index (κ2) is 12.0. The second-order valence-electron chi connectivity index (χ2n) is 12.8. The predicted octanol–water partition coefficient (Wildman–Crippen LogP) is 5.09. The van der Waals surface area contributed by atoms with Crippen LogP contribution in [0.15, 0.2) is 36.4 Å². The Morgan fingerprint density at radius 2 is 1.76 bits per heavy atom. The zero-order valence-corrected chi connectivity index (χ0v) is 25.9. The molecule has 13 heteroatoms. The number of hydrogen-bond donors (Lipinski definition) is 2. The fraction of sp³-hybridized carbons (Fsp3) is 0.594. The van der Waals surface area contributed by atoms with Crippen molar-refractivity contribution in [3.63, 3.8) is 0 Å². The minimum absolute atomic E-state index is 0.0491. The highest BCUT2D eigenvalue weighted by atomic mass is 19.4. The highest BCUT2D eigenvalue weighted by Crippen LogP contribution is 2.50. The van der Waals surface area contributed by atoms with Crippen LogP contribution >= 0.6 is 0 Å². The van der Waals surface area contributed by atoms with Gasteiger partial charge in [0.1, 0.15) is 5.75 Å². The van der Waals surface area contributed by atoms with E-state index in [9.17, 15) is 36.2 Å². The van der Waals surface area contributed by atoms with Gasteiger partial charge in [-0.2, -0.15) is 26.3 Å². The molecule has 0 radical (unpaired) electrons. The Morgan fingerprint density at radius 1 is 1.04 bits per heavy atom. The van der Waals surface area contributed by atoms with Crippen molar-refractivity contribution in [3.8, 4) is 5.75 Å². The number of fused-ring (bicyclic) bond motifs is 1. The van der Waals surface area contributed by atoms with E-state index >= 15 is 0 Å². The molecule has 0 bridgehead atoms. The van der Waals surface area contributed by atoms with Crippen LogP contribution in [0.4, 0.5) is 32.0 Å². The molecule has 248 valence electrons. The van der Waals surface area contributed by atoms with Gasteiger partial charge in [0.05, 0.1) is 18.7 Å². The third-order valence-corrected chi connectivity index (χ3v) is 9.37. The Kier molecular flexibility index (Phi) is 8.86. The average Bonchev–Trinajstić information content (AvgIpc) is 3.59. The molecule has 0 spiro atoms. The van der Waals surface area contributed by atoms with Gasteiger partial charge in [-0.15, -0.1) is 0 Å². The Balaban J connectivity index is 1.28. The Morgan fingerprint density at radius 3 is 2.42 bits per heavy atom. The van der Waals surface area contributed by atoms with E-state index in [1.54, 1.807) is 11.8 Å². The summed E-state index contributed by atoms with van der Waals surface area (Å²) < 4.78 is 87.1. The number of halogens is 6. The lowest BCUT2D eigenvalue weighted by Crippen LogP contribution is -2.59. The number of hydrogen-bond acceptors (Lipinski definition) is 6. The molecule has 0 aromatic heterocycles. The standard InChI is InChI=1S/C32H40F6N4O3/c1-5-6-22-13-25(30(44,31(33,34)35)32(36,37)38)7-9-26(22)41-15-21(3)42(16-20(41)2)28(43)17-40-18-29(4,39-19-40)24-8-10-27-23(14-24)11-12-45-27/h7-10,13-14,20-21,39,44H,5-6,11-12,15-19H2,1-4H3/t20?,21-,29-/m1/s1. The van der Waals surface area contributed by atoms with E-state index in [2.05, 4.69) is 29.3 Å². The molecular weight excluding hydrogens is 602 g/mol. The fourth-order valence-electron chi connectivity index (χ4n) is 6.82. The molecule has 3 atom stereocenters. The molecule has 2 N–H and O–H groups in total. The molecule has 3 aliphatic rings. The van der Waals surface area contributed by atoms with Crippen molar-refractivity contribution in [3.05, 3.63) is 58.7 Å². The van der Waals surface area contributed by atoms with Gasteiger partial charge in [0.25, 0.3) is 5.60 Å². The first-order valence-electron chi connectivity index (χ1n) is 15.3. The van der Waals surface area contributed by atoms with Gasteiger partial charge in [-0.3, -0.25) is 15.0 Å². The summed E-state index contributed by atoms with van der Waals surface area (Å²) in [6.07, 6.45) is -10.4. The Bertz CT molecular complexity index is 1400. The van der Waals surface area contributed by atoms with Crippen LogP contribution in [-0.2, 0) is 28.8 Å². The summed E-state index contributed by atoms with van der Waals surface area (Å²) in [5.41, 5.74) is -3.49. The zero-order valence-electron chi connectivity index (χ0n) is 25.9. The molecule has 2 saturated heterocycles. The summed E-state index contributed by atoms with van der Waals surface area (Å²) in [7, 11) is 0. The maximum absolute atomic E-state index is 13.6. The van der Waals surface area contributed by atoms with Crippen LogP contribution in [-0.4, -0.2) is 84.7 Å². The summed E-state index contributed by atoms with van der Waals surface area (Å²) in [5, 5.41) is 13.5. The molecule has 2 fully saturated rings. The van der Waals surface area contributed by atoms with E-state index in [0.717, 1.165) is 23.8 Å². The highest BCUT2D eigenvalue weighted by molar-refractivity contribution is 5.79. The van der Waals surface area contributed by atoms with E-state index in [1.165, 1.54) is 11.6 Å². The third kappa shape index (κ3) is 6.10. The molecule has 7 nitrogen and oxygen atoms in total. The lowest BCUT2D eigenvalue weighted by molar-refractivity contribution is -0.376. The minimum atomic E-state index is -5.96. The molecular formula is C32H40F6N4O3. The molecule has 0 saturated carbocycles. The van der Waals surface area contributed by atoms with Crippen molar-refractivity contribution in [2.75, 3.05) is 44.4 Å². The van der Waals surface area contributed by atoms with Crippen molar-refractivity contribution < 1.29 is 41.0 Å². The molecule has 3 aliphatic heterocycles. The summed E-state index contributed by atoms with van der Waals surface area (Å²) in [6, 6.07) is 8.44. The van der Waals surface area contributed by atoms with Gasteiger partial charge in [-0.05, 0) is 56.0 Å². The smallest absolute Gasteiger partial charge is 0.430 e. The van der Waals surface area contributed by atoms with Gasteiger partial charge in [0.15, 0.2) is 0 Å². The van der Waals surface area contributed by atoms with Gasteiger partial charge in [-0.25, -0.2) is 0 Å². The van der Waals surface area contributed by atoms with Crippen molar-refractivity contribution in [1.82, 2.24) is 15.1 Å². The van der Waals surface area contributed by atoms with Crippen LogP contribution in [0.3, 0.4) is 0 Å². The van der Waals surface area contributed by atoms with Gasteiger partial charge < -0.3 is 19.6 Å². The molecule has 0 aliphatic carbocycles. The van der Waals surface area contributed by atoms with Crippen LogP contribution in [0.25, 0.3) is 0 Å². The van der Waals surface area contributed by atoms with Gasteiger partial charge in [-0.1, -0.05) is 37.6 Å². The molecule has 45 heavy (non-hydrogen) atoms. The second-order valence-corrected chi connectivity index (χ2v) is 12.8. The third-order valence-electron chi connectivity index (χ3n) is 9.37. The molecule has 2 aromatic carbocycles. The number of anilines is 1. The SMILES string of the molecule is CCCc1cc(C(O)(C(F)(F)F)C(F)(F)F)ccc1N1C[C@@H](C)N(C(=O)CN2CN[C@@](C)(c3ccc4c(c3)CCO4)C2)CC1C. The maximum atomic E-state index is 13.6. The number of aliphatic hydroxyl groups is 1. The number of carbonyl (C=O) groups excluding carboxylic acids is 1. The van der Waals surface area contributed by atoms with E-state index in [-0.39, 0.29) is 42.1 Å². The van der Waals surface area contributed by atoms with E-state index in [4.69, 9.17) is 4.74 Å². The number of aryl methyl sites for hydroxylation is 1. The monoisotopic (exact) mass is 642 g/mol.